The molecule has 0 bridgehead atoms. The molecule has 0 spiro atoms. The number of hydrogen-bond acceptors (Lipinski definition) is 2. The van der Waals surface area contributed by atoms with Crippen molar-refractivity contribution in [2.45, 2.75) is 6.92 Å². The Kier molecular flexibility index (Phi) is 3.67. The normalized spacial score (nSPS) is 10.1. The summed E-state index contributed by atoms with van der Waals surface area (Å²) in [6.07, 6.45) is 0. The minimum Gasteiger partial charge on any atom is -0.508 e. The average Bonchev–Trinajstić information content (AvgIpc) is 2.35. The molecule has 0 radical (unpaired) electrons. The van der Waals surface area contributed by atoms with E-state index in [0.717, 1.165) is 4.47 Å². The molecule has 0 saturated carbocycles. The molecule has 0 aliphatic carbocycles. The maximum atomic E-state index is 12.0. The molecule has 0 atom stereocenters. The predicted octanol–water partition coefficient (Wildman–Crippen LogP) is 3.72. The fourth-order valence-corrected chi connectivity index (χ4v) is 1.94. The summed E-state index contributed by atoms with van der Waals surface area (Å²) in [4.78, 5) is 12.0. The van der Waals surface area contributed by atoms with E-state index in [9.17, 15) is 9.90 Å². The third kappa shape index (κ3) is 2.71. The number of amides is 1. The van der Waals surface area contributed by atoms with Crippen molar-refractivity contribution in [3.8, 4) is 5.75 Å². The highest BCUT2D eigenvalue weighted by atomic mass is 79.9. The Labute approximate surface area is 114 Å². The monoisotopic (exact) mass is 305 g/mol. The Balaban J connectivity index is 2.22. The molecule has 0 unspecified atom stereocenters. The molecular weight excluding hydrogens is 294 g/mol. The third-order valence-electron chi connectivity index (χ3n) is 2.58. The topological polar surface area (TPSA) is 49.3 Å². The molecule has 2 aromatic rings. The van der Waals surface area contributed by atoms with Crippen molar-refractivity contribution in [3.05, 3.63) is 58.1 Å². The fraction of sp³-hybridized carbons (Fsp3) is 0.0714. The van der Waals surface area contributed by atoms with E-state index in [1.54, 1.807) is 19.1 Å². The van der Waals surface area contributed by atoms with Gasteiger partial charge in [-0.05, 0) is 58.7 Å². The number of carbonyl (C=O) groups excluding carboxylic acids is 1. The molecule has 0 fully saturated rings. The molecule has 0 aliphatic rings. The maximum absolute atomic E-state index is 12.0. The first-order valence-electron chi connectivity index (χ1n) is 5.43. The summed E-state index contributed by atoms with van der Waals surface area (Å²) in [5.41, 5.74) is 1.91. The van der Waals surface area contributed by atoms with Gasteiger partial charge in [0, 0.05) is 10.0 Å². The number of nitrogens with one attached hydrogen (secondary N) is 1. The average molecular weight is 306 g/mol. The van der Waals surface area contributed by atoms with Gasteiger partial charge in [0.25, 0.3) is 5.91 Å². The molecule has 18 heavy (non-hydrogen) atoms. The van der Waals surface area contributed by atoms with Crippen molar-refractivity contribution in [1.29, 1.82) is 0 Å². The van der Waals surface area contributed by atoms with Gasteiger partial charge in [0.05, 0.1) is 5.69 Å². The van der Waals surface area contributed by atoms with Crippen molar-refractivity contribution in [2.24, 2.45) is 0 Å². The van der Waals surface area contributed by atoms with E-state index in [-0.39, 0.29) is 11.7 Å². The summed E-state index contributed by atoms with van der Waals surface area (Å²) >= 11 is 3.37. The highest BCUT2D eigenvalue weighted by Crippen LogP contribution is 2.23. The minimum atomic E-state index is -0.204. The van der Waals surface area contributed by atoms with Crippen LogP contribution in [0.4, 0.5) is 5.69 Å². The zero-order valence-corrected chi connectivity index (χ0v) is 11.4. The van der Waals surface area contributed by atoms with Crippen molar-refractivity contribution >= 4 is 27.5 Å². The number of rotatable bonds is 2. The van der Waals surface area contributed by atoms with Gasteiger partial charge < -0.3 is 10.4 Å². The van der Waals surface area contributed by atoms with Crippen molar-refractivity contribution < 1.29 is 9.90 Å². The number of halogens is 1. The lowest BCUT2D eigenvalue weighted by Crippen LogP contribution is -2.12. The second-order valence-electron chi connectivity index (χ2n) is 3.94. The van der Waals surface area contributed by atoms with Crippen molar-refractivity contribution in [3.63, 3.8) is 0 Å². The molecule has 0 saturated heterocycles. The molecular formula is C14H12BrNO2. The van der Waals surface area contributed by atoms with E-state index < -0.39 is 0 Å². The van der Waals surface area contributed by atoms with Gasteiger partial charge >= 0.3 is 0 Å². The SMILES string of the molecule is Cc1cc(C(=O)Nc2ccccc2Br)ccc1O. The van der Waals surface area contributed by atoms with Crippen LogP contribution in [0.25, 0.3) is 0 Å². The van der Waals surface area contributed by atoms with Gasteiger partial charge in [-0.15, -0.1) is 0 Å². The van der Waals surface area contributed by atoms with Crippen LogP contribution in [0.5, 0.6) is 5.75 Å². The number of phenols is 1. The van der Waals surface area contributed by atoms with Crippen molar-refractivity contribution in [1.82, 2.24) is 0 Å². The van der Waals surface area contributed by atoms with Crippen LogP contribution in [0.15, 0.2) is 46.9 Å². The van der Waals surface area contributed by atoms with Gasteiger partial charge in [0.15, 0.2) is 0 Å². The van der Waals surface area contributed by atoms with E-state index in [0.29, 0.717) is 16.8 Å². The predicted molar refractivity (Wildman–Crippen MR) is 74.9 cm³/mol. The highest BCUT2D eigenvalue weighted by Gasteiger charge is 2.09. The number of hydrogen-bond donors (Lipinski definition) is 2. The van der Waals surface area contributed by atoms with E-state index in [4.69, 9.17) is 0 Å². The largest absolute Gasteiger partial charge is 0.508 e. The van der Waals surface area contributed by atoms with Crippen molar-refractivity contribution in [2.75, 3.05) is 5.32 Å². The standard InChI is InChI=1S/C14H12BrNO2/c1-9-8-10(6-7-13(9)17)14(18)16-12-5-3-2-4-11(12)15/h2-8,17H,1H3,(H,16,18). The van der Waals surface area contributed by atoms with Crippen LogP contribution >= 0.6 is 15.9 Å². The van der Waals surface area contributed by atoms with Gasteiger partial charge in [0.1, 0.15) is 5.75 Å². The molecule has 0 aliphatic heterocycles. The van der Waals surface area contributed by atoms with Gasteiger partial charge in [0.2, 0.25) is 0 Å². The first-order chi connectivity index (χ1) is 8.58. The molecule has 4 heteroatoms. The Morgan fingerprint density at radius 1 is 1.22 bits per heavy atom. The maximum Gasteiger partial charge on any atom is 0.255 e. The lowest BCUT2D eigenvalue weighted by Gasteiger charge is -2.08. The van der Waals surface area contributed by atoms with E-state index >= 15 is 0 Å². The first-order valence-corrected chi connectivity index (χ1v) is 6.23. The molecule has 1 amide bonds. The molecule has 2 aromatic carbocycles. The molecule has 3 nitrogen and oxygen atoms in total. The second kappa shape index (κ2) is 5.23. The zero-order valence-electron chi connectivity index (χ0n) is 9.77. The van der Waals surface area contributed by atoms with Crippen LogP contribution in [-0.2, 0) is 0 Å². The summed E-state index contributed by atoms with van der Waals surface area (Å²) in [5.74, 6) is -0.0163. The Bertz CT molecular complexity index is 596. The van der Waals surface area contributed by atoms with Gasteiger partial charge in [-0.1, -0.05) is 12.1 Å². The Hall–Kier alpha value is -1.81. The Morgan fingerprint density at radius 2 is 1.94 bits per heavy atom. The van der Waals surface area contributed by atoms with E-state index in [1.165, 1.54) is 6.07 Å². The zero-order chi connectivity index (χ0) is 13.1. The van der Waals surface area contributed by atoms with E-state index in [1.807, 2.05) is 24.3 Å². The van der Waals surface area contributed by atoms with Crippen LogP contribution < -0.4 is 5.32 Å². The van der Waals surface area contributed by atoms with Gasteiger partial charge in [-0.3, -0.25) is 4.79 Å². The number of anilines is 1. The lowest BCUT2D eigenvalue weighted by molar-refractivity contribution is 0.102. The number of aryl methyl sites for hydroxylation is 1. The Morgan fingerprint density at radius 3 is 2.61 bits per heavy atom. The van der Waals surface area contributed by atoms with Crippen LogP contribution in [0.1, 0.15) is 15.9 Å². The molecule has 92 valence electrons. The second-order valence-corrected chi connectivity index (χ2v) is 4.79. The summed E-state index contributed by atoms with van der Waals surface area (Å²) in [6.45, 7) is 1.75. The van der Waals surface area contributed by atoms with E-state index in [2.05, 4.69) is 21.2 Å². The van der Waals surface area contributed by atoms with Crippen LogP contribution in [-0.4, -0.2) is 11.0 Å². The third-order valence-corrected chi connectivity index (χ3v) is 3.27. The van der Waals surface area contributed by atoms with Gasteiger partial charge in [-0.25, -0.2) is 0 Å². The minimum absolute atomic E-state index is 0.187. The molecule has 0 heterocycles. The number of para-hydroxylation sites is 1. The molecule has 2 rings (SSSR count). The fourth-order valence-electron chi connectivity index (χ4n) is 1.55. The summed E-state index contributed by atoms with van der Waals surface area (Å²) in [5, 5.41) is 12.2. The number of phenolic OH excluding ortho intramolecular Hbond substituents is 1. The smallest absolute Gasteiger partial charge is 0.255 e. The first kappa shape index (κ1) is 12.6. The van der Waals surface area contributed by atoms with Crippen LogP contribution in [0, 0.1) is 6.92 Å². The molecule has 0 aromatic heterocycles. The quantitative estimate of drug-likeness (QED) is 0.888. The van der Waals surface area contributed by atoms with Crippen LogP contribution in [0.3, 0.4) is 0 Å². The summed E-state index contributed by atoms with van der Waals surface area (Å²) in [7, 11) is 0. The molecule has 2 N–H and O–H groups in total. The summed E-state index contributed by atoms with van der Waals surface area (Å²) in [6, 6.07) is 12.2. The number of carbonyl (C=O) groups is 1. The number of aromatic hydroxyl groups is 1. The summed E-state index contributed by atoms with van der Waals surface area (Å²) < 4.78 is 0.828. The lowest BCUT2D eigenvalue weighted by atomic mass is 10.1. The van der Waals surface area contributed by atoms with Gasteiger partial charge in [-0.2, -0.15) is 0 Å². The number of benzene rings is 2. The van der Waals surface area contributed by atoms with Crippen LogP contribution in [0.2, 0.25) is 0 Å². The highest BCUT2D eigenvalue weighted by molar-refractivity contribution is 9.10.